The lowest BCUT2D eigenvalue weighted by Gasteiger charge is -2.30. The fraction of sp³-hybridized carbons (Fsp3) is 0.400. The Morgan fingerprint density at radius 1 is 1.23 bits per heavy atom. The van der Waals surface area contributed by atoms with Gasteiger partial charge in [0.1, 0.15) is 0 Å². The average Bonchev–Trinajstić information content (AvgIpc) is 2.20. The molecule has 0 amide bonds. The van der Waals surface area contributed by atoms with Crippen molar-refractivity contribution in [2.45, 2.75) is 12.8 Å². The van der Waals surface area contributed by atoms with Gasteiger partial charge in [-0.05, 0) is 25.0 Å². The maximum Gasteiger partial charge on any atom is 0.0705 e. The van der Waals surface area contributed by atoms with Crippen molar-refractivity contribution in [1.29, 1.82) is 0 Å². The number of halogens is 1. The highest BCUT2D eigenvalue weighted by Gasteiger charge is 2.11. The molecule has 0 atom stereocenters. The number of nitrogens with one attached hydrogen (secondary N) is 1. The molecular formula is C10H13ClN2. The Balaban J connectivity index is 2.18. The lowest BCUT2D eigenvalue weighted by Crippen LogP contribution is -2.43. The van der Waals surface area contributed by atoms with Gasteiger partial charge in [0.25, 0.3) is 0 Å². The molecule has 1 saturated heterocycles. The average molecular weight is 197 g/mol. The van der Waals surface area contributed by atoms with Crippen molar-refractivity contribution in [3.63, 3.8) is 0 Å². The zero-order valence-corrected chi connectivity index (χ0v) is 8.22. The van der Waals surface area contributed by atoms with Crippen molar-refractivity contribution in [2.24, 2.45) is 0 Å². The van der Waals surface area contributed by atoms with Crippen LogP contribution in [0.15, 0.2) is 24.3 Å². The van der Waals surface area contributed by atoms with Crippen LogP contribution in [-0.4, -0.2) is 13.1 Å². The fourth-order valence-corrected chi connectivity index (χ4v) is 1.80. The molecule has 0 spiro atoms. The molecule has 0 aliphatic carbocycles. The summed E-state index contributed by atoms with van der Waals surface area (Å²) in [6.45, 7) is 2.09. The normalized spacial score (nSPS) is 17.5. The van der Waals surface area contributed by atoms with Crippen molar-refractivity contribution in [1.82, 2.24) is 5.43 Å². The Hall–Kier alpha value is -0.730. The van der Waals surface area contributed by atoms with Crippen LogP contribution in [0.4, 0.5) is 5.69 Å². The summed E-state index contributed by atoms with van der Waals surface area (Å²) in [7, 11) is 0. The highest BCUT2D eigenvalue weighted by atomic mass is 35.5. The van der Waals surface area contributed by atoms with Crippen LogP contribution in [0.2, 0.25) is 5.02 Å². The molecule has 1 fully saturated rings. The van der Waals surface area contributed by atoms with Crippen molar-refractivity contribution in [2.75, 3.05) is 18.1 Å². The van der Waals surface area contributed by atoms with E-state index >= 15 is 0 Å². The topological polar surface area (TPSA) is 15.3 Å². The van der Waals surface area contributed by atoms with Gasteiger partial charge >= 0.3 is 0 Å². The van der Waals surface area contributed by atoms with E-state index in [1.807, 2.05) is 24.3 Å². The first-order chi connectivity index (χ1) is 6.38. The molecule has 1 aromatic rings. The van der Waals surface area contributed by atoms with Crippen LogP contribution in [0, 0.1) is 0 Å². The summed E-state index contributed by atoms with van der Waals surface area (Å²) < 4.78 is 0. The molecule has 0 radical (unpaired) electrons. The lowest BCUT2D eigenvalue weighted by atomic mass is 10.2. The maximum atomic E-state index is 6.08. The Labute approximate surface area is 83.5 Å². The third kappa shape index (κ3) is 1.95. The van der Waals surface area contributed by atoms with Gasteiger partial charge in [0.15, 0.2) is 0 Å². The summed E-state index contributed by atoms with van der Waals surface area (Å²) in [4.78, 5) is 0. The number of para-hydroxylation sites is 1. The van der Waals surface area contributed by atoms with E-state index in [0.717, 1.165) is 23.8 Å². The van der Waals surface area contributed by atoms with Gasteiger partial charge in [0, 0.05) is 13.1 Å². The van der Waals surface area contributed by atoms with Crippen molar-refractivity contribution < 1.29 is 0 Å². The smallest absolute Gasteiger partial charge is 0.0705 e. The van der Waals surface area contributed by atoms with Gasteiger partial charge in [-0.25, -0.2) is 5.43 Å². The van der Waals surface area contributed by atoms with Gasteiger partial charge in [-0.2, -0.15) is 0 Å². The Morgan fingerprint density at radius 3 is 2.77 bits per heavy atom. The predicted molar refractivity (Wildman–Crippen MR) is 56.0 cm³/mol. The Kier molecular flexibility index (Phi) is 2.71. The monoisotopic (exact) mass is 196 g/mol. The quantitative estimate of drug-likeness (QED) is 0.743. The SMILES string of the molecule is Clc1ccccc1N1CCCCN1. The zero-order chi connectivity index (χ0) is 9.10. The second-order valence-electron chi connectivity index (χ2n) is 3.22. The second kappa shape index (κ2) is 3.99. The molecule has 0 aromatic heterocycles. The number of hydrogen-bond acceptors (Lipinski definition) is 2. The number of hydrogen-bond donors (Lipinski definition) is 1. The van der Waals surface area contributed by atoms with Gasteiger partial charge in [-0.3, -0.25) is 0 Å². The molecule has 1 N–H and O–H groups in total. The minimum atomic E-state index is 0.817. The highest BCUT2D eigenvalue weighted by Crippen LogP contribution is 2.24. The first kappa shape index (κ1) is 8.85. The Morgan fingerprint density at radius 2 is 2.08 bits per heavy atom. The Bertz CT molecular complexity index is 282. The summed E-state index contributed by atoms with van der Waals surface area (Å²) in [5.74, 6) is 0. The largest absolute Gasteiger partial charge is 0.307 e. The molecule has 3 heteroatoms. The molecule has 1 aromatic carbocycles. The number of nitrogens with zero attached hydrogens (tertiary/aromatic N) is 1. The number of benzene rings is 1. The van der Waals surface area contributed by atoms with E-state index < -0.39 is 0 Å². The summed E-state index contributed by atoms with van der Waals surface area (Å²) in [5, 5.41) is 2.95. The summed E-state index contributed by atoms with van der Waals surface area (Å²) in [6, 6.07) is 7.93. The molecule has 70 valence electrons. The van der Waals surface area contributed by atoms with Crippen LogP contribution in [-0.2, 0) is 0 Å². The summed E-state index contributed by atoms with van der Waals surface area (Å²) in [6.07, 6.45) is 2.49. The van der Waals surface area contributed by atoms with Crippen molar-refractivity contribution in [3.05, 3.63) is 29.3 Å². The van der Waals surface area contributed by atoms with Crippen LogP contribution < -0.4 is 10.4 Å². The van der Waals surface area contributed by atoms with E-state index in [-0.39, 0.29) is 0 Å². The second-order valence-corrected chi connectivity index (χ2v) is 3.63. The van der Waals surface area contributed by atoms with E-state index in [2.05, 4.69) is 10.4 Å². The molecule has 1 aliphatic rings. The fourth-order valence-electron chi connectivity index (χ4n) is 1.56. The first-order valence-electron chi connectivity index (χ1n) is 4.63. The van der Waals surface area contributed by atoms with Crippen LogP contribution in [0.25, 0.3) is 0 Å². The maximum absolute atomic E-state index is 6.08. The first-order valence-corrected chi connectivity index (χ1v) is 5.01. The van der Waals surface area contributed by atoms with Gasteiger partial charge in [0.05, 0.1) is 10.7 Å². The van der Waals surface area contributed by atoms with E-state index in [4.69, 9.17) is 11.6 Å². The predicted octanol–water partition coefficient (Wildman–Crippen LogP) is 2.44. The number of hydrazine groups is 1. The molecular weight excluding hydrogens is 184 g/mol. The van der Waals surface area contributed by atoms with Crippen molar-refractivity contribution >= 4 is 17.3 Å². The molecule has 1 aliphatic heterocycles. The summed E-state index contributed by atoms with van der Waals surface area (Å²) >= 11 is 6.08. The van der Waals surface area contributed by atoms with Gasteiger partial charge in [-0.1, -0.05) is 23.7 Å². The molecule has 2 rings (SSSR count). The van der Waals surface area contributed by atoms with Crippen LogP contribution in [0.1, 0.15) is 12.8 Å². The molecule has 0 saturated carbocycles. The van der Waals surface area contributed by atoms with Crippen LogP contribution >= 0.6 is 11.6 Å². The minimum absolute atomic E-state index is 0.817. The van der Waals surface area contributed by atoms with Gasteiger partial charge in [0.2, 0.25) is 0 Å². The van der Waals surface area contributed by atoms with Crippen LogP contribution in [0.3, 0.4) is 0 Å². The zero-order valence-electron chi connectivity index (χ0n) is 7.46. The number of anilines is 1. The minimum Gasteiger partial charge on any atom is -0.307 e. The van der Waals surface area contributed by atoms with E-state index in [9.17, 15) is 0 Å². The third-order valence-electron chi connectivity index (χ3n) is 2.25. The highest BCUT2D eigenvalue weighted by molar-refractivity contribution is 6.33. The van der Waals surface area contributed by atoms with E-state index in [1.165, 1.54) is 12.8 Å². The third-order valence-corrected chi connectivity index (χ3v) is 2.57. The molecule has 2 nitrogen and oxygen atoms in total. The lowest BCUT2D eigenvalue weighted by molar-refractivity contribution is 0.512. The summed E-state index contributed by atoms with van der Waals surface area (Å²) in [5.41, 5.74) is 4.41. The molecule has 1 heterocycles. The van der Waals surface area contributed by atoms with E-state index in [1.54, 1.807) is 0 Å². The molecule has 13 heavy (non-hydrogen) atoms. The number of rotatable bonds is 1. The molecule has 0 unspecified atom stereocenters. The van der Waals surface area contributed by atoms with Crippen molar-refractivity contribution in [3.8, 4) is 0 Å². The standard InChI is InChI=1S/C10H13ClN2/c11-9-5-1-2-6-10(9)13-8-4-3-7-12-13/h1-2,5-6,12H,3-4,7-8H2. The van der Waals surface area contributed by atoms with Crippen LogP contribution in [0.5, 0.6) is 0 Å². The van der Waals surface area contributed by atoms with Gasteiger partial charge < -0.3 is 5.01 Å². The van der Waals surface area contributed by atoms with Gasteiger partial charge in [-0.15, -0.1) is 0 Å². The molecule has 0 bridgehead atoms. The van der Waals surface area contributed by atoms with E-state index in [0.29, 0.717) is 0 Å².